The monoisotopic (exact) mass is 248 g/mol. The van der Waals surface area contributed by atoms with Gasteiger partial charge in [0.1, 0.15) is 11.5 Å². The first-order valence-corrected chi connectivity index (χ1v) is 5.46. The largest absolute Gasteiger partial charge is 0.480 e. The molecule has 1 heterocycles. The van der Waals surface area contributed by atoms with E-state index in [4.69, 9.17) is 4.74 Å². The molecule has 0 saturated carbocycles. The average Bonchev–Trinajstić information content (AvgIpc) is 2.70. The van der Waals surface area contributed by atoms with Crippen LogP contribution in [0.3, 0.4) is 0 Å². The fourth-order valence-corrected chi connectivity index (χ4v) is 1.65. The van der Waals surface area contributed by atoms with Gasteiger partial charge >= 0.3 is 0 Å². The molecule has 0 aromatic heterocycles. The molecule has 0 bridgehead atoms. The number of rotatable bonds is 2. The molecule has 0 unspecified atom stereocenters. The summed E-state index contributed by atoms with van der Waals surface area (Å²) in [5, 5.41) is 0. The maximum absolute atomic E-state index is 13.5. The van der Waals surface area contributed by atoms with Crippen LogP contribution < -0.4 is 0 Å². The number of aliphatic imine (C=N–C) groups is 1. The minimum absolute atomic E-state index is 0.134. The molecule has 0 saturated heterocycles. The lowest BCUT2D eigenvalue weighted by atomic mass is 10.2. The molecular weight excluding hydrogens is 235 g/mol. The number of likely N-dealkylation sites (N-methyl/N-ethyl adjacent to an activating group) is 1. The number of methoxy groups -OCH3 is 1. The molecule has 1 aromatic rings. The second kappa shape index (κ2) is 5.00. The van der Waals surface area contributed by atoms with E-state index in [-0.39, 0.29) is 17.5 Å². The summed E-state index contributed by atoms with van der Waals surface area (Å²) in [7, 11) is 3.09. The van der Waals surface area contributed by atoms with Crippen LogP contribution in [-0.2, 0) is 9.53 Å². The average molecular weight is 248 g/mol. The van der Waals surface area contributed by atoms with Crippen molar-refractivity contribution in [1.82, 2.24) is 4.90 Å². The first kappa shape index (κ1) is 12.3. The summed E-state index contributed by atoms with van der Waals surface area (Å²) in [4.78, 5) is 17.4. The Balaban J connectivity index is 2.36. The first-order chi connectivity index (χ1) is 8.63. The predicted octanol–water partition coefficient (Wildman–Crippen LogP) is 1.90. The van der Waals surface area contributed by atoms with Gasteiger partial charge in [-0.15, -0.1) is 0 Å². The van der Waals surface area contributed by atoms with Crippen molar-refractivity contribution >= 4 is 17.5 Å². The summed E-state index contributed by atoms with van der Waals surface area (Å²) in [6.07, 6.45) is 1.71. The van der Waals surface area contributed by atoms with E-state index in [0.717, 1.165) is 0 Å². The quantitative estimate of drug-likeness (QED) is 0.592. The molecule has 1 aliphatic rings. The fourth-order valence-electron chi connectivity index (χ4n) is 1.65. The van der Waals surface area contributed by atoms with Crippen molar-refractivity contribution in [2.24, 2.45) is 4.99 Å². The fraction of sp³-hybridized carbons (Fsp3) is 0.231. The van der Waals surface area contributed by atoms with Crippen molar-refractivity contribution in [3.63, 3.8) is 0 Å². The van der Waals surface area contributed by atoms with Gasteiger partial charge in [0.25, 0.3) is 5.91 Å². The number of halogens is 1. The van der Waals surface area contributed by atoms with Crippen LogP contribution in [0.5, 0.6) is 0 Å². The van der Waals surface area contributed by atoms with Crippen molar-refractivity contribution in [2.45, 2.75) is 0 Å². The molecule has 0 radical (unpaired) electrons. The van der Waals surface area contributed by atoms with E-state index >= 15 is 0 Å². The van der Waals surface area contributed by atoms with Crippen LogP contribution in [-0.4, -0.2) is 37.4 Å². The maximum atomic E-state index is 13.5. The van der Waals surface area contributed by atoms with Crippen LogP contribution in [0.2, 0.25) is 0 Å². The molecule has 1 aromatic carbocycles. The molecule has 4 nitrogen and oxygen atoms in total. The molecule has 2 rings (SSSR count). The number of carbonyl (C=O) groups excluding carboxylic acids is 1. The van der Waals surface area contributed by atoms with Crippen LogP contribution in [0.15, 0.2) is 40.9 Å². The minimum atomic E-state index is -0.452. The number of hydrogen-bond donors (Lipinski definition) is 0. The van der Waals surface area contributed by atoms with Gasteiger partial charge in [0.2, 0.25) is 5.90 Å². The van der Waals surface area contributed by atoms with Crippen molar-refractivity contribution in [3.8, 4) is 0 Å². The Morgan fingerprint density at radius 3 is 2.72 bits per heavy atom. The molecule has 94 valence electrons. The second-order valence-electron chi connectivity index (χ2n) is 3.88. The molecule has 18 heavy (non-hydrogen) atoms. The first-order valence-electron chi connectivity index (χ1n) is 5.46. The summed E-state index contributed by atoms with van der Waals surface area (Å²) in [5.41, 5.74) is 0.515. The normalized spacial score (nSPS) is 15.9. The smallest absolute Gasteiger partial charge is 0.259 e. The summed E-state index contributed by atoms with van der Waals surface area (Å²) < 4.78 is 18.5. The van der Waals surface area contributed by atoms with Crippen molar-refractivity contribution in [1.29, 1.82) is 0 Å². The van der Waals surface area contributed by atoms with Gasteiger partial charge in [-0.05, 0) is 18.2 Å². The summed E-state index contributed by atoms with van der Waals surface area (Å²) in [6.45, 7) is 0.508. The lowest BCUT2D eigenvalue weighted by Gasteiger charge is -2.09. The van der Waals surface area contributed by atoms with E-state index in [1.54, 1.807) is 25.3 Å². The molecule has 0 N–H and O–H groups in total. The van der Waals surface area contributed by atoms with Crippen LogP contribution in [0, 0.1) is 5.82 Å². The number of ether oxygens (including phenoxy) is 1. The van der Waals surface area contributed by atoms with E-state index in [1.807, 2.05) is 0 Å². The molecular formula is C13H13FN2O2. The Hall–Kier alpha value is -2.17. The lowest BCUT2D eigenvalue weighted by molar-refractivity contribution is -0.123. The molecule has 0 atom stereocenters. The zero-order valence-electron chi connectivity index (χ0n) is 10.2. The zero-order valence-corrected chi connectivity index (χ0v) is 10.2. The summed E-state index contributed by atoms with van der Waals surface area (Å²) >= 11 is 0. The Bertz CT molecular complexity index is 538. The van der Waals surface area contributed by atoms with Crippen LogP contribution in [0.25, 0.3) is 0 Å². The Morgan fingerprint density at radius 2 is 2.17 bits per heavy atom. The number of para-hydroxylation sites is 1. The highest BCUT2D eigenvalue weighted by atomic mass is 19.1. The highest BCUT2D eigenvalue weighted by Gasteiger charge is 2.25. The Labute approximate surface area is 104 Å². The third-order valence-electron chi connectivity index (χ3n) is 2.64. The van der Waals surface area contributed by atoms with E-state index < -0.39 is 5.82 Å². The van der Waals surface area contributed by atoms with Crippen LogP contribution in [0.1, 0.15) is 0 Å². The van der Waals surface area contributed by atoms with E-state index in [0.29, 0.717) is 12.1 Å². The SMILES string of the molecule is COC(=Nc1ccccc1F)C1=CCN(C)C1=O. The second-order valence-corrected chi connectivity index (χ2v) is 3.88. The van der Waals surface area contributed by atoms with E-state index in [2.05, 4.69) is 4.99 Å². The van der Waals surface area contributed by atoms with E-state index in [9.17, 15) is 9.18 Å². The molecule has 0 spiro atoms. The van der Waals surface area contributed by atoms with Crippen molar-refractivity contribution in [2.75, 3.05) is 20.7 Å². The molecule has 0 aliphatic carbocycles. The Kier molecular flexibility index (Phi) is 3.41. The number of carbonyl (C=O) groups is 1. The lowest BCUT2D eigenvalue weighted by Crippen LogP contribution is -2.24. The van der Waals surface area contributed by atoms with Crippen molar-refractivity contribution in [3.05, 3.63) is 41.7 Å². The highest BCUT2D eigenvalue weighted by molar-refractivity contribution is 6.20. The van der Waals surface area contributed by atoms with Gasteiger partial charge in [0.05, 0.1) is 12.7 Å². The topological polar surface area (TPSA) is 41.9 Å². The number of benzene rings is 1. The van der Waals surface area contributed by atoms with Crippen LogP contribution in [0.4, 0.5) is 10.1 Å². The molecule has 1 amide bonds. The van der Waals surface area contributed by atoms with Crippen molar-refractivity contribution < 1.29 is 13.9 Å². The maximum Gasteiger partial charge on any atom is 0.259 e. The van der Waals surface area contributed by atoms with Gasteiger partial charge in [-0.25, -0.2) is 9.38 Å². The predicted molar refractivity (Wildman–Crippen MR) is 66.2 cm³/mol. The highest BCUT2D eigenvalue weighted by Crippen LogP contribution is 2.20. The Morgan fingerprint density at radius 1 is 1.44 bits per heavy atom. The zero-order chi connectivity index (χ0) is 13.1. The summed E-state index contributed by atoms with van der Waals surface area (Å²) in [5.74, 6) is -0.493. The standard InChI is InChI=1S/C13H13FN2O2/c1-16-8-7-9(13(16)17)12(18-2)15-11-6-4-3-5-10(11)14/h3-7H,8H2,1-2H3. The third-order valence-corrected chi connectivity index (χ3v) is 2.64. The van der Waals surface area contributed by atoms with Crippen LogP contribution >= 0.6 is 0 Å². The minimum Gasteiger partial charge on any atom is -0.480 e. The van der Waals surface area contributed by atoms with Gasteiger partial charge in [0, 0.05) is 13.6 Å². The van der Waals surface area contributed by atoms with E-state index in [1.165, 1.54) is 24.1 Å². The van der Waals surface area contributed by atoms with Gasteiger partial charge in [-0.1, -0.05) is 12.1 Å². The van der Waals surface area contributed by atoms with Gasteiger partial charge in [-0.2, -0.15) is 0 Å². The van der Waals surface area contributed by atoms with Gasteiger partial charge < -0.3 is 9.64 Å². The number of nitrogens with zero attached hydrogens (tertiary/aromatic N) is 2. The number of amides is 1. The summed E-state index contributed by atoms with van der Waals surface area (Å²) in [6, 6.07) is 6.09. The third kappa shape index (κ3) is 2.25. The molecule has 1 aliphatic heterocycles. The molecule has 5 heteroatoms. The van der Waals surface area contributed by atoms with Gasteiger partial charge in [0.15, 0.2) is 0 Å². The number of hydrogen-bond acceptors (Lipinski definition) is 3. The molecule has 0 fully saturated rings. The van der Waals surface area contributed by atoms with Gasteiger partial charge in [-0.3, -0.25) is 4.79 Å².